The van der Waals surface area contributed by atoms with Crippen LogP contribution in [0.15, 0.2) is 24.3 Å². The minimum Gasteiger partial charge on any atom is -0.369 e. The van der Waals surface area contributed by atoms with Gasteiger partial charge in [-0.15, -0.1) is 0 Å². The number of hydrogen-bond acceptors (Lipinski definition) is 2. The average Bonchev–Trinajstić information content (AvgIpc) is 2.33. The first-order valence-electron chi connectivity index (χ1n) is 6.40. The molecule has 0 bridgehead atoms. The van der Waals surface area contributed by atoms with Crippen LogP contribution in [0.1, 0.15) is 31.7 Å². The monoisotopic (exact) mass is 262 g/mol. The van der Waals surface area contributed by atoms with E-state index in [0.29, 0.717) is 11.0 Å². The van der Waals surface area contributed by atoms with Gasteiger partial charge in [-0.2, -0.15) is 0 Å². The summed E-state index contributed by atoms with van der Waals surface area (Å²) in [5, 5.41) is 5.91. The molecule has 2 rings (SSSR count). The maximum absolute atomic E-state index is 11.9. The molecule has 4 heteroatoms. The molecule has 1 saturated carbocycles. The number of thiocarbonyl (C=S) groups is 1. The maximum Gasteiger partial charge on any atom is 0.283 e. The molecule has 0 saturated heterocycles. The predicted molar refractivity (Wildman–Crippen MR) is 77.8 cm³/mol. The lowest BCUT2D eigenvalue weighted by Crippen LogP contribution is -2.43. The van der Waals surface area contributed by atoms with E-state index in [2.05, 4.69) is 17.6 Å². The Hall–Kier alpha value is -1.42. The van der Waals surface area contributed by atoms with E-state index in [9.17, 15) is 4.79 Å². The van der Waals surface area contributed by atoms with E-state index in [1.54, 1.807) is 0 Å². The van der Waals surface area contributed by atoms with Crippen molar-refractivity contribution < 1.29 is 4.79 Å². The molecule has 1 aliphatic carbocycles. The summed E-state index contributed by atoms with van der Waals surface area (Å²) in [5.74, 6) is -0.217. The van der Waals surface area contributed by atoms with Crippen LogP contribution >= 0.6 is 12.2 Å². The molecular formula is C14H18N2OS. The van der Waals surface area contributed by atoms with E-state index in [4.69, 9.17) is 12.2 Å². The van der Waals surface area contributed by atoms with Crippen LogP contribution in [0.4, 0.5) is 5.69 Å². The van der Waals surface area contributed by atoms with Gasteiger partial charge >= 0.3 is 0 Å². The Labute approximate surface area is 113 Å². The van der Waals surface area contributed by atoms with Gasteiger partial charge in [0.05, 0.1) is 0 Å². The second kappa shape index (κ2) is 5.96. The number of nitrogens with one attached hydrogen (secondary N) is 2. The Bertz CT molecular complexity index is 455. The number of amides is 1. The zero-order chi connectivity index (χ0) is 13.0. The van der Waals surface area contributed by atoms with Crippen LogP contribution in [0.2, 0.25) is 0 Å². The number of carbonyl (C=O) groups is 1. The highest BCUT2D eigenvalue weighted by atomic mass is 32.1. The highest BCUT2D eigenvalue weighted by Gasteiger charge is 2.20. The van der Waals surface area contributed by atoms with Gasteiger partial charge < -0.3 is 10.6 Å². The van der Waals surface area contributed by atoms with Crippen LogP contribution < -0.4 is 10.6 Å². The quantitative estimate of drug-likeness (QED) is 0.823. The van der Waals surface area contributed by atoms with Crippen molar-refractivity contribution in [3.05, 3.63) is 29.8 Å². The Morgan fingerprint density at radius 3 is 2.83 bits per heavy atom. The normalized spacial score (nSPS) is 14.7. The van der Waals surface area contributed by atoms with Gasteiger partial charge in [0, 0.05) is 11.7 Å². The minimum atomic E-state index is -0.217. The number of aryl methyl sites for hydroxylation is 1. The van der Waals surface area contributed by atoms with Crippen molar-refractivity contribution in [1.29, 1.82) is 0 Å². The van der Waals surface area contributed by atoms with Crippen LogP contribution in [0.3, 0.4) is 0 Å². The Morgan fingerprint density at radius 1 is 1.44 bits per heavy atom. The molecule has 0 heterocycles. The topological polar surface area (TPSA) is 41.1 Å². The molecular weight excluding hydrogens is 244 g/mol. The molecule has 96 valence electrons. The fourth-order valence-corrected chi connectivity index (χ4v) is 2.08. The summed E-state index contributed by atoms with van der Waals surface area (Å²) in [4.78, 5) is 12.2. The number of rotatable bonds is 3. The van der Waals surface area contributed by atoms with E-state index in [0.717, 1.165) is 24.9 Å². The van der Waals surface area contributed by atoms with Crippen LogP contribution in [0, 0.1) is 0 Å². The van der Waals surface area contributed by atoms with Crippen molar-refractivity contribution in [2.75, 3.05) is 5.32 Å². The van der Waals surface area contributed by atoms with Crippen LogP contribution in [0.25, 0.3) is 0 Å². The summed E-state index contributed by atoms with van der Waals surface area (Å²) in [6.45, 7) is 2.09. The number of anilines is 1. The molecule has 0 radical (unpaired) electrons. The van der Waals surface area contributed by atoms with Crippen LogP contribution in [-0.4, -0.2) is 16.9 Å². The van der Waals surface area contributed by atoms with Gasteiger partial charge in [-0.25, -0.2) is 0 Å². The van der Waals surface area contributed by atoms with Gasteiger partial charge in [-0.3, -0.25) is 4.79 Å². The van der Waals surface area contributed by atoms with E-state index in [1.165, 1.54) is 12.0 Å². The lowest BCUT2D eigenvalue weighted by Gasteiger charge is -2.27. The molecule has 0 unspecified atom stereocenters. The van der Waals surface area contributed by atoms with Crippen molar-refractivity contribution >= 4 is 28.8 Å². The van der Waals surface area contributed by atoms with Gasteiger partial charge in [0.15, 0.2) is 4.99 Å². The molecule has 1 aromatic carbocycles. The lowest BCUT2D eigenvalue weighted by atomic mass is 9.93. The third kappa shape index (κ3) is 3.29. The second-order valence-corrected chi connectivity index (χ2v) is 5.02. The highest BCUT2D eigenvalue weighted by molar-refractivity contribution is 7.82. The van der Waals surface area contributed by atoms with Crippen molar-refractivity contribution in [2.45, 2.75) is 38.6 Å². The van der Waals surface area contributed by atoms with Gasteiger partial charge in [0.2, 0.25) is 0 Å². The first-order valence-corrected chi connectivity index (χ1v) is 6.80. The van der Waals surface area contributed by atoms with Crippen molar-refractivity contribution in [1.82, 2.24) is 5.32 Å². The Morgan fingerprint density at radius 2 is 2.22 bits per heavy atom. The van der Waals surface area contributed by atoms with Crippen molar-refractivity contribution in [3.63, 3.8) is 0 Å². The molecule has 1 fully saturated rings. The van der Waals surface area contributed by atoms with E-state index in [1.807, 2.05) is 24.3 Å². The summed E-state index contributed by atoms with van der Waals surface area (Å²) in [6, 6.07) is 8.23. The van der Waals surface area contributed by atoms with Crippen LogP contribution in [-0.2, 0) is 11.2 Å². The van der Waals surface area contributed by atoms with Gasteiger partial charge in [0.25, 0.3) is 5.91 Å². The maximum atomic E-state index is 11.9. The zero-order valence-electron chi connectivity index (χ0n) is 10.5. The molecule has 0 aromatic heterocycles. The minimum absolute atomic E-state index is 0.217. The summed E-state index contributed by atoms with van der Waals surface area (Å²) in [5.41, 5.74) is 2.00. The molecule has 18 heavy (non-hydrogen) atoms. The first-order chi connectivity index (χ1) is 8.69. The summed E-state index contributed by atoms with van der Waals surface area (Å²) >= 11 is 5.09. The molecule has 1 aliphatic rings. The fourth-order valence-electron chi connectivity index (χ4n) is 1.86. The second-order valence-electron chi connectivity index (χ2n) is 4.61. The molecule has 2 N–H and O–H groups in total. The fraction of sp³-hybridized carbons (Fsp3) is 0.429. The summed E-state index contributed by atoms with van der Waals surface area (Å²) < 4.78 is 0. The third-order valence-electron chi connectivity index (χ3n) is 3.24. The van der Waals surface area contributed by atoms with Crippen LogP contribution in [0.5, 0.6) is 0 Å². The molecule has 3 nitrogen and oxygen atoms in total. The highest BCUT2D eigenvalue weighted by Crippen LogP contribution is 2.18. The molecule has 0 aliphatic heterocycles. The van der Waals surface area contributed by atoms with Crippen molar-refractivity contribution in [2.24, 2.45) is 0 Å². The number of carbonyl (C=O) groups excluding carboxylic acids is 1. The standard InChI is InChI=1S/C14H18N2OS/c1-2-10-5-3-8-12(9-10)15-13(17)14(18)16-11-6-4-7-11/h3,5,8-9,11H,2,4,6-7H2,1H3,(H,15,17)(H,16,18). The van der Waals surface area contributed by atoms with Gasteiger partial charge in [-0.1, -0.05) is 31.3 Å². The lowest BCUT2D eigenvalue weighted by molar-refractivity contribution is -0.110. The third-order valence-corrected chi connectivity index (χ3v) is 3.54. The van der Waals surface area contributed by atoms with Crippen molar-refractivity contribution in [3.8, 4) is 0 Å². The van der Waals surface area contributed by atoms with Gasteiger partial charge in [0.1, 0.15) is 0 Å². The number of benzene rings is 1. The smallest absolute Gasteiger partial charge is 0.283 e. The van der Waals surface area contributed by atoms with E-state index < -0.39 is 0 Å². The average molecular weight is 262 g/mol. The van der Waals surface area contributed by atoms with Gasteiger partial charge in [-0.05, 0) is 43.4 Å². The molecule has 0 spiro atoms. The Balaban J connectivity index is 1.90. The number of hydrogen-bond donors (Lipinski definition) is 2. The van der Waals surface area contributed by atoms with E-state index >= 15 is 0 Å². The summed E-state index contributed by atoms with van der Waals surface area (Å²) in [6.07, 6.45) is 4.40. The molecule has 0 atom stereocenters. The molecule has 1 aromatic rings. The van der Waals surface area contributed by atoms with E-state index in [-0.39, 0.29) is 5.91 Å². The predicted octanol–water partition coefficient (Wildman–Crippen LogP) is 2.66. The largest absolute Gasteiger partial charge is 0.369 e. The first kappa shape index (κ1) is 13.0. The molecule has 1 amide bonds. The summed E-state index contributed by atoms with van der Waals surface area (Å²) in [7, 11) is 0. The Kier molecular flexibility index (Phi) is 4.31. The zero-order valence-corrected chi connectivity index (χ0v) is 11.3. The SMILES string of the molecule is CCc1cccc(NC(=O)C(=S)NC2CCC2)c1.